The molecule has 0 fully saturated rings. The van der Waals surface area contributed by atoms with E-state index in [1.54, 1.807) is 11.1 Å². The average molecular weight is 175 g/mol. The maximum atomic E-state index is 5.57. The van der Waals surface area contributed by atoms with E-state index in [1.165, 1.54) is 24.8 Å². The van der Waals surface area contributed by atoms with Crippen molar-refractivity contribution in [1.82, 2.24) is 0 Å². The second-order valence-electron chi connectivity index (χ2n) is 4.12. The van der Waals surface area contributed by atoms with E-state index in [9.17, 15) is 0 Å². The summed E-state index contributed by atoms with van der Waals surface area (Å²) in [4.78, 5) is 0. The van der Waals surface area contributed by atoms with Gasteiger partial charge in [-0.1, -0.05) is 23.8 Å². The van der Waals surface area contributed by atoms with Gasteiger partial charge in [0.2, 0.25) is 0 Å². The van der Waals surface area contributed by atoms with Crippen LogP contribution < -0.4 is 5.73 Å². The van der Waals surface area contributed by atoms with Crippen LogP contribution >= 0.6 is 0 Å². The molecule has 0 amide bonds. The van der Waals surface area contributed by atoms with Crippen molar-refractivity contribution in [2.45, 2.75) is 26.2 Å². The number of nitrogens with two attached hydrogens (primary N) is 1. The highest BCUT2D eigenvalue weighted by molar-refractivity contribution is 5.35. The summed E-state index contributed by atoms with van der Waals surface area (Å²) in [5.74, 6) is 0.807. The Balaban J connectivity index is 2.16. The highest BCUT2D eigenvalue weighted by Crippen LogP contribution is 2.28. The SMILES string of the molecule is Cc1ccc2c(c1)CC(CCN)C2. The molecule has 0 saturated heterocycles. The van der Waals surface area contributed by atoms with Crippen molar-refractivity contribution in [2.24, 2.45) is 11.7 Å². The van der Waals surface area contributed by atoms with Crippen LogP contribution in [0, 0.1) is 12.8 Å². The molecule has 0 spiro atoms. The Morgan fingerprint density at radius 2 is 2.08 bits per heavy atom. The summed E-state index contributed by atoms with van der Waals surface area (Å²) in [7, 11) is 0. The maximum absolute atomic E-state index is 5.57. The van der Waals surface area contributed by atoms with Crippen LogP contribution in [-0.2, 0) is 12.8 Å². The number of rotatable bonds is 2. The molecule has 1 heteroatoms. The van der Waals surface area contributed by atoms with E-state index in [0.29, 0.717) is 0 Å². The second kappa shape index (κ2) is 3.51. The normalized spacial score (nSPS) is 20.3. The Kier molecular flexibility index (Phi) is 2.36. The standard InChI is InChI=1S/C12H17N/c1-9-2-3-11-7-10(4-5-13)8-12(11)6-9/h2-3,6,10H,4-5,7-8,13H2,1H3. The molecule has 13 heavy (non-hydrogen) atoms. The summed E-state index contributed by atoms with van der Waals surface area (Å²) in [5.41, 5.74) is 10.1. The van der Waals surface area contributed by atoms with Crippen LogP contribution in [0.4, 0.5) is 0 Å². The molecule has 70 valence electrons. The molecule has 1 unspecified atom stereocenters. The van der Waals surface area contributed by atoms with Crippen LogP contribution in [0.15, 0.2) is 18.2 Å². The van der Waals surface area contributed by atoms with Crippen LogP contribution in [0.3, 0.4) is 0 Å². The number of fused-ring (bicyclic) bond motifs is 1. The summed E-state index contributed by atoms with van der Waals surface area (Å²) in [6, 6.07) is 6.82. The second-order valence-corrected chi connectivity index (χ2v) is 4.12. The molecule has 1 aromatic carbocycles. The summed E-state index contributed by atoms with van der Waals surface area (Å²) >= 11 is 0. The van der Waals surface area contributed by atoms with Gasteiger partial charge in [0, 0.05) is 0 Å². The van der Waals surface area contributed by atoms with Gasteiger partial charge in [0.05, 0.1) is 0 Å². The highest BCUT2D eigenvalue weighted by atomic mass is 14.5. The first kappa shape index (κ1) is 8.76. The van der Waals surface area contributed by atoms with Crippen molar-refractivity contribution < 1.29 is 0 Å². The molecule has 0 radical (unpaired) electrons. The molecular weight excluding hydrogens is 158 g/mol. The summed E-state index contributed by atoms with van der Waals surface area (Å²) in [6.45, 7) is 2.99. The molecule has 0 heterocycles. The number of hydrogen-bond acceptors (Lipinski definition) is 1. The van der Waals surface area contributed by atoms with E-state index in [-0.39, 0.29) is 0 Å². The lowest BCUT2D eigenvalue weighted by Crippen LogP contribution is -2.08. The molecule has 0 saturated carbocycles. The minimum absolute atomic E-state index is 0.807. The largest absolute Gasteiger partial charge is 0.330 e. The van der Waals surface area contributed by atoms with Crippen LogP contribution in [0.1, 0.15) is 23.1 Å². The van der Waals surface area contributed by atoms with Crippen LogP contribution in [-0.4, -0.2) is 6.54 Å². The number of benzene rings is 1. The fraction of sp³-hybridized carbons (Fsp3) is 0.500. The lowest BCUT2D eigenvalue weighted by Gasteiger charge is -2.04. The zero-order chi connectivity index (χ0) is 9.26. The number of aryl methyl sites for hydroxylation is 1. The molecule has 0 aliphatic heterocycles. The molecule has 1 aliphatic rings. The van der Waals surface area contributed by atoms with Gasteiger partial charge < -0.3 is 5.73 Å². The van der Waals surface area contributed by atoms with Crippen molar-refractivity contribution >= 4 is 0 Å². The van der Waals surface area contributed by atoms with E-state index in [4.69, 9.17) is 5.73 Å². The van der Waals surface area contributed by atoms with Crippen molar-refractivity contribution in [3.63, 3.8) is 0 Å². The average Bonchev–Trinajstić information content (AvgIpc) is 2.46. The quantitative estimate of drug-likeness (QED) is 0.731. The molecule has 1 aliphatic carbocycles. The third-order valence-corrected chi connectivity index (χ3v) is 2.95. The Morgan fingerprint density at radius 3 is 2.85 bits per heavy atom. The third kappa shape index (κ3) is 1.75. The minimum Gasteiger partial charge on any atom is -0.330 e. The van der Waals surface area contributed by atoms with Gasteiger partial charge in [-0.05, 0) is 49.8 Å². The third-order valence-electron chi connectivity index (χ3n) is 2.95. The van der Waals surface area contributed by atoms with Gasteiger partial charge >= 0.3 is 0 Å². The molecule has 2 rings (SSSR count). The Bertz CT molecular complexity index is 304. The van der Waals surface area contributed by atoms with E-state index < -0.39 is 0 Å². The Morgan fingerprint density at radius 1 is 1.31 bits per heavy atom. The zero-order valence-corrected chi connectivity index (χ0v) is 8.22. The summed E-state index contributed by atoms with van der Waals surface area (Å²) in [6.07, 6.45) is 3.66. The Labute approximate surface area is 80.0 Å². The van der Waals surface area contributed by atoms with Gasteiger partial charge in [0.1, 0.15) is 0 Å². The van der Waals surface area contributed by atoms with Gasteiger partial charge in [-0.2, -0.15) is 0 Å². The van der Waals surface area contributed by atoms with Crippen LogP contribution in [0.5, 0.6) is 0 Å². The smallest absolute Gasteiger partial charge is 0.00744 e. The van der Waals surface area contributed by atoms with E-state index in [1.807, 2.05) is 0 Å². The zero-order valence-electron chi connectivity index (χ0n) is 8.22. The van der Waals surface area contributed by atoms with Crippen molar-refractivity contribution in [3.8, 4) is 0 Å². The topological polar surface area (TPSA) is 26.0 Å². The molecule has 2 N–H and O–H groups in total. The Hall–Kier alpha value is -0.820. The predicted molar refractivity (Wildman–Crippen MR) is 55.7 cm³/mol. The molecule has 0 bridgehead atoms. The van der Waals surface area contributed by atoms with E-state index in [2.05, 4.69) is 25.1 Å². The van der Waals surface area contributed by atoms with Crippen molar-refractivity contribution in [1.29, 1.82) is 0 Å². The molecule has 1 nitrogen and oxygen atoms in total. The first-order valence-electron chi connectivity index (χ1n) is 5.08. The van der Waals surface area contributed by atoms with Crippen molar-refractivity contribution in [3.05, 3.63) is 34.9 Å². The fourth-order valence-electron chi connectivity index (χ4n) is 2.28. The predicted octanol–water partition coefficient (Wildman–Crippen LogP) is 2.06. The lowest BCUT2D eigenvalue weighted by molar-refractivity contribution is 0.522. The van der Waals surface area contributed by atoms with E-state index >= 15 is 0 Å². The first-order chi connectivity index (χ1) is 6.29. The summed E-state index contributed by atoms with van der Waals surface area (Å²) in [5, 5.41) is 0. The van der Waals surface area contributed by atoms with E-state index in [0.717, 1.165) is 12.5 Å². The summed E-state index contributed by atoms with van der Waals surface area (Å²) < 4.78 is 0. The molecular formula is C12H17N. The van der Waals surface area contributed by atoms with Gasteiger partial charge in [-0.3, -0.25) is 0 Å². The monoisotopic (exact) mass is 175 g/mol. The van der Waals surface area contributed by atoms with Gasteiger partial charge in [-0.25, -0.2) is 0 Å². The molecule has 0 aromatic heterocycles. The van der Waals surface area contributed by atoms with Gasteiger partial charge in [-0.15, -0.1) is 0 Å². The van der Waals surface area contributed by atoms with Crippen LogP contribution in [0.2, 0.25) is 0 Å². The first-order valence-corrected chi connectivity index (χ1v) is 5.08. The minimum atomic E-state index is 0.807. The van der Waals surface area contributed by atoms with Crippen LogP contribution in [0.25, 0.3) is 0 Å². The highest BCUT2D eigenvalue weighted by Gasteiger charge is 2.20. The maximum Gasteiger partial charge on any atom is -0.00744 e. The fourth-order valence-corrected chi connectivity index (χ4v) is 2.28. The number of hydrogen-bond donors (Lipinski definition) is 1. The molecule has 1 atom stereocenters. The molecule has 1 aromatic rings. The lowest BCUT2D eigenvalue weighted by atomic mass is 10.0. The van der Waals surface area contributed by atoms with Crippen molar-refractivity contribution in [2.75, 3.05) is 6.54 Å². The van der Waals surface area contributed by atoms with Gasteiger partial charge in [0.15, 0.2) is 0 Å². The van der Waals surface area contributed by atoms with Gasteiger partial charge in [0.25, 0.3) is 0 Å².